The van der Waals surface area contributed by atoms with Crippen molar-refractivity contribution >= 4 is 11.6 Å². The molecule has 0 atom stereocenters. The van der Waals surface area contributed by atoms with Crippen molar-refractivity contribution in [2.45, 2.75) is 0 Å². The van der Waals surface area contributed by atoms with E-state index < -0.39 is 0 Å². The molecule has 0 fully saturated rings. The normalized spacial score (nSPS) is 10.8. The number of halogens is 1. The van der Waals surface area contributed by atoms with Crippen molar-refractivity contribution in [2.75, 3.05) is 6.61 Å². The van der Waals surface area contributed by atoms with Crippen molar-refractivity contribution in [1.82, 2.24) is 0 Å². The van der Waals surface area contributed by atoms with Crippen LogP contribution in [0.2, 0.25) is 0 Å². The molecule has 0 aliphatic rings. The van der Waals surface area contributed by atoms with Gasteiger partial charge in [-0.3, -0.25) is 0 Å². The highest BCUT2D eigenvalue weighted by Crippen LogP contribution is 2.20. The van der Waals surface area contributed by atoms with E-state index in [1.807, 2.05) is 24.3 Å². The van der Waals surface area contributed by atoms with E-state index in [0.717, 1.165) is 11.3 Å². The van der Waals surface area contributed by atoms with Gasteiger partial charge in [0.1, 0.15) is 18.2 Å². The van der Waals surface area contributed by atoms with Crippen LogP contribution >= 0.6 is 0 Å². The Bertz CT molecular complexity index is 696. The first-order valence-corrected chi connectivity index (χ1v) is 6.44. The van der Waals surface area contributed by atoms with Gasteiger partial charge in [-0.25, -0.2) is 4.39 Å². The second kappa shape index (κ2) is 7.06. The second-order valence-electron chi connectivity index (χ2n) is 4.35. The molecule has 3 heteroatoms. The Morgan fingerprint density at radius 2 is 2.00 bits per heavy atom. The number of rotatable bonds is 5. The number of nitriles is 1. The van der Waals surface area contributed by atoms with Gasteiger partial charge >= 0.3 is 0 Å². The molecule has 0 amide bonds. The van der Waals surface area contributed by atoms with E-state index in [4.69, 9.17) is 4.74 Å². The van der Waals surface area contributed by atoms with Crippen LogP contribution in [0.4, 0.5) is 4.39 Å². The lowest BCUT2D eigenvalue weighted by Crippen LogP contribution is -1.92. The summed E-state index contributed by atoms with van der Waals surface area (Å²) in [6.45, 7) is 4.03. The summed E-state index contributed by atoms with van der Waals surface area (Å²) < 4.78 is 18.6. The highest BCUT2D eigenvalue weighted by molar-refractivity contribution is 5.89. The van der Waals surface area contributed by atoms with Crippen molar-refractivity contribution in [3.63, 3.8) is 0 Å². The predicted octanol–water partition coefficient (Wildman–Crippen LogP) is 4.45. The molecule has 0 heterocycles. The molecule has 0 spiro atoms. The zero-order valence-electron chi connectivity index (χ0n) is 11.4. The Labute approximate surface area is 123 Å². The molecule has 21 heavy (non-hydrogen) atoms. The molecule has 0 radical (unpaired) electrons. The highest BCUT2D eigenvalue weighted by Gasteiger charge is 2.02. The molecule has 104 valence electrons. The minimum Gasteiger partial charge on any atom is -0.490 e. The first-order chi connectivity index (χ1) is 10.2. The summed E-state index contributed by atoms with van der Waals surface area (Å²) in [7, 11) is 0. The summed E-state index contributed by atoms with van der Waals surface area (Å²) in [5.74, 6) is 0.373. The highest BCUT2D eigenvalue weighted by atomic mass is 19.1. The van der Waals surface area contributed by atoms with E-state index in [1.165, 1.54) is 12.1 Å². The van der Waals surface area contributed by atoms with E-state index in [9.17, 15) is 9.65 Å². The molecule has 0 aliphatic carbocycles. The van der Waals surface area contributed by atoms with Gasteiger partial charge in [-0.15, -0.1) is 0 Å². The zero-order valence-corrected chi connectivity index (χ0v) is 11.4. The Hall–Kier alpha value is -2.86. The predicted molar refractivity (Wildman–Crippen MR) is 82.0 cm³/mol. The molecule has 0 unspecified atom stereocenters. The van der Waals surface area contributed by atoms with Gasteiger partial charge in [0.05, 0.1) is 11.6 Å². The molecule has 2 aromatic rings. The van der Waals surface area contributed by atoms with Crippen molar-refractivity contribution in [3.8, 4) is 11.8 Å². The zero-order chi connectivity index (χ0) is 15.1. The van der Waals surface area contributed by atoms with E-state index in [0.29, 0.717) is 17.7 Å². The average molecular weight is 279 g/mol. The minimum absolute atomic E-state index is 0.359. The molecular weight excluding hydrogens is 265 g/mol. The Morgan fingerprint density at radius 3 is 2.62 bits per heavy atom. The van der Waals surface area contributed by atoms with Crippen LogP contribution in [0, 0.1) is 17.1 Å². The molecule has 2 nitrogen and oxygen atoms in total. The molecule has 0 saturated heterocycles. The third-order valence-corrected chi connectivity index (χ3v) is 2.82. The Kier molecular flexibility index (Phi) is 4.89. The minimum atomic E-state index is -0.359. The first kappa shape index (κ1) is 14.5. The summed E-state index contributed by atoms with van der Waals surface area (Å²) in [6, 6.07) is 15.4. The maximum Gasteiger partial charge on any atom is 0.123 e. The van der Waals surface area contributed by atoms with Crippen LogP contribution in [0.5, 0.6) is 5.75 Å². The molecule has 0 bridgehead atoms. The lowest BCUT2D eigenvalue weighted by atomic mass is 10.0. The molecule has 2 rings (SSSR count). The third-order valence-electron chi connectivity index (χ3n) is 2.82. The van der Waals surface area contributed by atoms with Crippen LogP contribution in [0.15, 0.2) is 61.2 Å². The topological polar surface area (TPSA) is 33.0 Å². The van der Waals surface area contributed by atoms with Crippen LogP contribution in [0.1, 0.15) is 11.1 Å². The molecule has 0 N–H and O–H groups in total. The fraction of sp³-hybridized carbons (Fsp3) is 0.0556. The van der Waals surface area contributed by atoms with Crippen LogP contribution in [-0.2, 0) is 0 Å². The maximum absolute atomic E-state index is 13.2. The summed E-state index contributed by atoms with van der Waals surface area (Å²) in [6.07, 6.45) is 3.39. The van der Waals surface area contributed by atoms with Gasteiger partial charge < -0.3 is 4.74 Å². The van der Waals surface area contributed by atoms with Gasteiger partial charge in [-0.2, -0.15) is 5.26 Å². The Morgan fingerprint density at radius 1 is 1.24 bits per heavy atom. The van der Waals surface area contributed by atoms with Gasteiger partial charge in [0, 0.05) is 0 Å². The quantitative estimate of drug-likeness (QED) is 0.460. The van der Waals surface area contributed by atoms with E-state index in [2.05, 4.69) is 12.6 Å². The molecule has 2 aromatic carbocycles. The maximum atomic E-state index is 13.2. The largest absolute Gasteiger partial charge is 0.490 e. The smallest absolute Gasteiger partial charge is 0.123 e. The summed E-state index contributed by atoms with van der Waals surface area (Å²) in [4.78, 5) is 0. The van der Waals surface area contributed by atoms with E-state index in [1.54, 1.807) is 24.3 Å². The van der Waals surface area contributed by atoms with Crippen LogP contribution in [0.25, 0.3) is 11.6 Å². The fourth-order valence-corrected chi connectivity index (χ4v) is 1.82. The van der Waals surface area contributed by atoms with Crippen LogP contribution in [0.3, 0.4) is 0 Å². The van der Waals surface area contributed by atoms with E-state index >= 15 is 0 Å². The summed E-state index contributed by atoms with van der Waals surface area (Å²) in [5, 5.41) is 9.23. The van der Waals surface area contributed by atoms with Crippen molar-refractivity contribution in [1.29, 1.82) is 5.26 Å². The first-order valence-electron chi connectivity index (χ1n) is 6.44. The summed E-state index contributed by atoms with van der Waals surface area (Å²) in [5.41, 5.74) is 1.82. The van der Waals surface area contributed by atoms with Gasteiger partial charge in [0.2, 0.25) is 0 Å². The fourth-order valence-electron chi connectivity index (χ4n) is 1.82. The summed E-state index contributed by atoms with van der Waals surface area (Å²) >= 11 is 0. The van der Waals surface area contributed by atoms with Gasteiger partial charge in [-0.05, 0) is 41.5 Å². The lowest BCUT2D eigenvalue weighted by molar-refractivity contribution is 0.363. The SMILES string of the molecule is C=CCOc1ccc(/C=C(/C#N)c2cccc(F)c2)cc1. The van der Waals surface area contributed by atoms with Crippen molar-refractivity contribution in [3.05, 3.63) is 78.1 Å². The van der Waals surface area contributed by atoms with Gasteiger partial charge in [-0.1, -0.05) is 36.9 Å². The molecular formula is C18H14FNO. The number of hydrogen-bond donors (Lipinski definition) is 0. The number of ether oxygens (including phenoxy) is 1. The van der Waals surface area contributed by atoms with Crippen molar-refractivity contribution < 1.29 is 9.13 Å². The number of benzene rings is 2. The molecule has 0 aromatic heterocycles. The van der Waals surface area contributed by atoms with Gasteiger partial charge in [0.15, 0.2) is 0 Å². The van der Waals surface area contributed by atoms with Crippen molar-refractivity contribution in [2.24, 2.45) is 0 Å². The molecule has 0 aliphatic heterocycles. The second-order valence-corrected chi connectivity index (χ2v) is 4.35. The van der Waals surface area contributed by atoms with Crippen LogP contribution < -0.4 is 4.74 Å². The Balaban J connectivity index is 2.24. The van der Waals surface area contributed by atoms with E-state index in [-0.39, 0.29) is 5.82 Å². The molecule has 0 saturated carbocycles. The number of allylic oxidation sites excluding steroid dienone is 1. The van der Waals surface area contributed by atoms with Gasteiger partial charge in [0.25, 0.3) is 0 Å². The standard InChI is InChI=1S/C18H14FNO/c1-2-10-21-18-8-6-14(7-9-18)11-16(13-20)15-4-3-5-17(19)12-15/h2-9,11-12H,1,10H2/b16-11-. The number of nitrogens with zero attached hydrogens (tertiary/aromatic N) is 1. The third kappa shape index (κ3) is 4.05. The average Bonchev–Trinajstić information content (AvgIpc) is 2.51. The monoisotopic (exact) mass is 279 g/mol. The lowest BCUT2D eigenvalue weighted by Gasteiger charge is -2.04. The number of hydrogen-bond acceptors (Lipinski definition) is 2. The van der Waals surface area contributed by atoms with Crippen LogP contribution in [-0.4, -0.2) is 6.61 Å².